The van der Waals surface area contributed by atoms with Gasteiger partial charge in [-0.2, -0.15) is 0 Å². The van der Waals surface area contributed by atoms with Crippen LogP contribution in [0, 0.1) is 12.8 Å². The monoisotopic (exact) mass is 218 g/mol. The normalized spacial score (nSPS) is 20.4. The highest BCUT2D eigenvalue weighted by atomic mass is 16.1. The lowest BCUT2D eigenvalue weighted by atomic mass is 9.98. The number of nitrogens with one attached hydrogen (secondary N) is 2. The molecule has 3 nitrogen and oxygen atoms in total. The van der Waals surface area contributed by atoms with E-state index in [-0.39, 0.29) is 11.8 Å². The third-order valence-electron chi connectivity index (χ3n) is 3.07. The van der Waals surface area contributed by atoms with Gasteiger partial charge in [0.15, 0.2) is 0 Å². The maximum absolute atomic E-state index is 12.0. The van der Waals surface area contributed by atoms with Crippen LogP contribution >= 0.6 is 0 Å². The van der Waals surface area contributed by atoms with E-state index in [1.165, 1.54) is 0 Å². The summed E-state index contributed by atoms with van der Waals surface area (Å²) in [6.45, 7) is 3.85. The van der Waals surface area contributed by atoms with Gasteiger partial charge in [0.25, 0.3) is 0 Å². The van der Waals surface area contributed by atoms with Crippen LogP contribution in [0.1, 0.15) is 18.4 Å². The molecular formula is C13H18N2O. The van der Waals surface area contributed by atoms with Crippen LogP contribution in [-0.4, -0.2) is 19.0 Å². The summed E-state index contributed by atoms with van der Waals surface area (Å²) in [5.41, 5.74) is 2.04. The van der Waals surface area contributed by atoms with E-state index in [1.54, 1.807) is 0 Å². The van der Waals surface area contributed by atoms with Gasteiger partial charge in [-0.3, -0.25) is 4.79 Å². The third kappa shape index (κ3) is 2.61. The molecule has 1 heterocycles. The van der Waals surface area contributed by atoms with Crippen molar-refractivity contribution < 1.29 is 4.79 Å². The third-order valence-corrected chi connectivity index (χ3v) is 3.07. The van der Waals surface area contributed by atoms with Crippen LogP contribution in [0.2, 0.25) is 0 Å². The van der Waals surface area contributed by atoms with Gasteiger partial charge in [0.1, 0.15) is 0 Å². The van der Waals surface area contributed by atoms with E-state index in [0.717, 1.165) is 37.2 Å². The van der Waals surface area contributed by atoms with Gasteiger partial charge in [-0.25, -0.2) is 0 Å². The first-order valence-corrected chi connectivity index (χ1v) is 5.84. The zero-order valence-electron chi connectivity index (χ0n) is 9.62. The predicted molar refractivity (Wildman–Crippen MR) is 65.4 cm³/mol. The first-order valence-electron chi connectivity index (χ1n) is 5.84. The average molecular weight is 218 g/mol. The van der Waals surface area contributed by atoms with E-state index in [1.807, 2.05) is 31.2 Å². The molecule has 2 rings (SSSR count). The molecule has 1 aliphatic rings. The summed E-state index contributed by atoms with van der Waals surface area (Å²) in [4.78, 5) is 12.0. The van der Waals surface area contributed by atoms with E-state index in [0.29, 0.717) is 0 Å². The fourth-order valence-electron chi connectivity index (χ4n) is 2.02. The highest BCUT2D eigenvalue weighted by Gasteiger charge is 2.20. The Morgan fingerprint density at radius 2 is 2.25 bits per heavy atom. The molecule has 1 amide bonds. The minimum absolute atomic E-state index is 0.119. The maximum atomic E-state index is 12.0. The zero-order chi connectivity index (χ0) is 11.4. The predicted octanol–water partition coefficient (Wildman–Crippen LogP) is 1.93. The number of piperidine rings is 1. The summed E-state index contributed by atoms with van der Waals surface area (Å²) >= 11 is 0. The Morgan fingerprint density at radius 1 is 1.44 bits per heavy atom. The molecule has 1 unspecified atom stereocenters. The highest BCUT2D eigenvalue weighted by molar-refractivity contribution is 5.93. The first-order chi connectivity index (χ1) is 7.77. The molecule has 1 fully saturated rings. The number of carbonyl (C=O) groups excluding carboxylic acids is 1. The Labute approximate surface area is 96.2 Å². The number of hydrogen-bond donors (Lipinski definition) is 2. The van der Waals surface area contributed by atoms with E-state index in [4.69, 9.17) is 0 Å². The number of carbonyl (C=O) groups is 1. The number of rotatable bonds is 2. The molecule has 2 N–H and O–H groups in total. The van der Waals surface area contributed by atoms with Crippen molar-refractivity contribution in [2.45, 2.75) is 19.8 Å². The molecule has 0 saturated carbocycles. The Hall–Kier alpha value is -1.35. The Balaban J connectivity index is 1.99. The Bertz CT molecular complexity index is 370. The van der Waals surface area contributed by atoms with Gasteiger partial charge in [-0.1, -0.05) is 18.2 Å². The van der Waals surface area contributed by atoms with Gasteiger partial charge in [-0.05, 0) is 37.9 Å². The van der Waals surface area contributed by atoms with Crippen LogP contribution in [0.5, 0.6) is 0 Å². The average Bonchev–Trinajstić information content (AvgIpc) is 2.33. The van der Waals surface area contributed by atoms with E-state index in [2.05, 4.69) is 10.6 Å². The maximum Gasteiger partial charge on any atom is 0.228 e. The fourth-order valence-corrected chi connectivity index (χ4v) is 2.02. The Morgan fingerprint density at radius 3 is 2.94 bits per heavy atom. The first kappa shape index (κ1) is 11.1. The fraction of sp³-hybridized carbons (Fsp3) is 0.462. The smallest absolute Gasteiger partial charge is 0.228 e. The molecule has 0 aromatic heterocycles. The molecule has 0 aliphatic carbocycles. The lowest BCUT2D eigenvalue weighted by molar-refractivity contribution is -0.120. The molecule has 1 aromatic rings. The number of benzene rings is 1. The van der Waals surface area contributed by atoms with Crippen molar-refractivity contribution in [2.24, 2.45) is 5.92 Å². The molecule has 0 bridgehead atoms. The minimum Gasteiger partial charge on any atom is -0.326 e. The molecule has 86 valence electrons. The van der Waals surface area contributed by atoms with Crippen molar-refractivity contribution in [1.82, 2.24) is 5.32 Å². The second-order valence-corrected chi connectivity index (χ2v) is 4.35. The van der Waals surface area contributed by atoms with Crippen LogP contribution in [0.3, 0.4) is 0 Å². The molecule has 1 saturated heterocycles. The van der Waals surface area contributed by atoms with Crippen molar-refractivity contribution in [1.29, 1.82) is 0 Å². The molecule has 3 heteroatoms. The number of anilines is 1. The van der Waals surface area contributed by atoms with Gasteiger partial charge < -0.3 is 10.6 Å². The lowest BCUT2D eigenvalue weighted by Crippen LogP contribution is -2.37. The topological polar surface area (TPSA) is 41.1 Å². The minimum atomic E-state index is 0.119. The van der Waals surface area contributed by atoms with E-state index < -0.39 is 0 Å². The van der Waals surface area contributed by atoms with Crippen LogP contribution < -0.4 is 10.6 Å². The summed E-state index contributed by atoms with van der Waals surface area (Å²) in [5, 5.41) is 6.26. The van der Waals surface area contributed by atoms with Crippen LogP contribution in [0.25, 0.3) is 0 Å². The lowest BCUT2D eigenvalue weighted by Gasteiger charge is -2.22. The summed E-state index contributed by atoms with van der Waals surface area (Å²) in [6, 6.07) is 7.88. The molecule has 1 atom stereocenters. The quantitative estimate of drug-likeness (QED) is 0.796. The van der Waals surface area contributed by atoms with Gasteiger partial charge in [0, 0.05) is 12.2 Å². The number of aryl methyl sites for hydroxylation is 1. The van der Waals surface area contributed by atoms with Gasteiger partial charge in [-0.15, -0.1) is 0 Å². The number of hydrogen-bond acceptors (Lipinski definition) is 2. The second-order valence-electron chi connectivity index (χ2n) is 4.35. The van der Waals surface area contributed by atoms with Crippen LogP contribution in [0.15, 0.2) is 24.3 Å². The second kappa shape index (κ2) is 5.12. The number of amides is 1. The van der Waals surface area contributed by atoms with Gasteiger partial charge >= 0.3 is 0 Å². The van der Waals surface area contributed by atoms with Gasteiger partial charge in [0.2, 0.25) is 5.91 Å². The Kier molecular flexibility index (Phi) is 3.57. The van der Waals surface area contributed by atoms with Gasteiger partial charge in [0.05, 0.1) is 5.92 Å². The van der Waals surface area contributed by atoms with E-state index in [9.17, 15) is 4.79 Å². The van der Waals surface area contributed by atoms with Crippen molar-refractivity contribution in [3.8, 4) is 0 Å². The van der Waals surface area contributed by atoms with Crippen LogP contribution in [-0.2, 0) is 4.79 Å². The molecule has 16 heavy (non-hydrogen) atoms. The summed E-state index contributed by atoms with van der Waals surface area (Å²) in [6.07, 6.45) is 2.08. The summed E-state index contributed by atoms with van der Waals surface area (Å²) in [7, 11) is 0. The standard InChI is InChI=1S/C13H18N2O/c1-10-5-2-3-7-12(10)15-13(16)11-6-4-8-14-9-11/h2-3,5,7,11,14H,4,6,8-9H2,1H3,(H,15,16). The van der Waals surface area contributed by atoms with Crippen molar-refractivity contribution >= 4 is 11.6 Å². The highest BCUT2D eigenvalue weighted by Crippen LogP contribution is 2.17. The summed E-state index contributed by atoms with van der Waals surface area (Å²) < 4.78 is 0. The van der Waals surface area contributed by atoms with Crippen molar-refractivity contribution in [3.63, 3.8) is 0 Å². The largest absolute Gasteiger partial charge is 0.326 e. The van der Waals surface area contributed by atoms with Crippen LogP contribution in [0.4, 0.5) is 5.69 Å². The van der Waals surface area contributed by atoms with E-state index >= 15 is 0 Å². The molecular weight excluding hydrogens is 200 g/mol. The SMILES string of the molecule is Cc1ccccc1NC(=O)C1CCCNC1. The molecule has 0 spiro atoms. The molecule has 0 radical (unpaired) electrons. The molecule has 1 aromatic carbocycles. The number of para-hydroxylation sites is 1. The zero-order valence-corrected chi connectivity index (χ0v) is 9.62. The summed E-state index contributed by atoms with van der Waals surface area (Å²) in [5.74, 6) is 0.259. The van der Waals surface area contributed by atoms with Crippen molar-refractivity contribution in [3.05, 3.63) is 29.8 Å². The van der Waals surface area contributed by atoms with Crippen molar-refractivity contribution in [2.75, 3.05) is 18.4 Å². The molecule has 1 aliphatic heterocycles.